The summed E-state index contributed by atoms with van der Waals surface area (Å²) < 4.78 is 0. The van der Waals surface area contributed by atoms with Crippen LogP contribution in [0.1, 0.15) is 18.4 Å². The summed E-state index contributed by atoms with van der Waals surface area (Å²) in [5, 5.41) is 12.6. The van der Waals surface area contributed by atoms with Crippen molar-refractivity contribution in [2.45, 2.75) is 25.9 Å². The highest BCUT2D eigenvalue weighted by atomic mass is 16.3. The van der Waals surface area contributed by atoms with E-state index in [0.29, 0.717) is 18.4 Å². The maximum absolute atomic E-state index is 9.59. The third-order valence-electron chi connectivity index (χ3n) is 2.42. The van der Waals surface area contributed by atoms with Crippen LogP contribution in [0.25, 0.3) is 0 Å². The molecule has 0 aliphatic heterocycles. The average Bonchev–Trinajstić information content (AvgIpc) is 3.00. The molecule has 1 heterocycles. The fraction of sp³-hybridized carbons (Fsp3) is 0.600. The van der Waals surface area contributed by atoms with Gasteiger partial charge in [0.15, 0.2) is 0 Å². The molecule has 2 N–H and O–H groups in total. The number of anilines is 1. The Morgan fingerprint density at radius 3 is 2.71 bits per heavy atom. The van der Waals surface area contributed by atoms with Gasteiger partial charge in [0, 0.05) is 18.9 Å². The zero-order valence-electron chi connectivity index (χ0n) is 8.27. The SMILES string of the molecule is Cc1cnc(NCC(O)C2CC2)nc1. The Kier molecular flexibility index (Phi) is 2.63. The van der Waals surface area contributed by atoms with Crippen LogP contribution in [-0.2, 0) is 0 Å². The van der Waals surface area contributed by atoms with Gasteiger partial charge in [-0.05, 0) is 31.2 Å². The first kappa shape index (κ1) is 9.40. The molecule has 0 radical (unpaired) electrons. The minimum absolute atomic E-state index is 0.250. The molecule has 4 heteroatoms. The maximum atomic E-state index is 9.59. The molecule has 1 aromatic rings. The van der Waals surface area contributed by atoms with Gasteiger partial charge in [-0.1, -0.05) is 0 Å². The zero-order chi connectivity index (χ0) is 9.97. The number of aryl methyl sites for hydroxylation is 1. The molecule has 1 aliphatic carbocycles. The quantitative estimate of drug-likeness (QED) is 0.748. The molecule has 0 aromatic carbocycles. The second-order valence-corrected chi connectivity index (χ2v) is 3.87. The Hall–Kier alpha value is -1.16. The van der Waals surface area contributed by atoms with Crippen molar-refractivity contribution in [3.63, 3.8) is 0 Å². The summed E-state index contributed by atoms with van der Waals surface area (Å²) in [6, 6.07) is 0. The van der Waals surface area contributed by atoms with Crippen molar-refractivity contribution in [2.24, 2.45) is 5.92 Å². The molecule has 2 rings (SSSR count). The lowest BCUT2D eigenvalue weighted by atomic mass is 10.2. The van der Waals surface area contributed by atoms with Crippen LogP contribution < -0.4 is 5.32 Å². The van der Waals surface area contributed by atoms with Gasteiger partial charge in [-0.25, -0.2) is 9.97 Å². The van der Waals surface area contributed by atoms with Gasteiger partial charge in [0.25, 0.3) is 0 Å². The first-order valence-corrected chi connectivity index (χ1v) is 4.96. The van der Waals surface area contributed by atoms with Crippen molar-refractivity contribution < 1.29 is 5.11 Å². The normalized spacial score (nSPS) is 17.9. The molecule has 1 saturated carbocycles. The minimum atomic E-state index is -0.250. The monoisotopic (exact) mass is 193 g/mol. The van der Waals surface area contributed by atoms with Crippen molar-refractivity contribution in [1.29, 1.82) is 0 Å². The number of nitrogens with zero attached hydrogens (tertiary/aromatic N) is 2. The van der Waals surface area contributed by atoms with Gasteiger partial charge in [-0.15, -0.1) is 0 Å². The van der Waals surface area contributed by atoms with E-state index in [1.807, 2.05) is 6.92 Å². The van der Waals surface area contributed by atoms with Gasteiger partial charge in [-0.3, -0.25) is 0 Å². The summed E-state index contributed by atoms with van der Waals surface area (Å²) in [6.45, 7) is 2.50. The molecule has 0 amide bonds. The van der Waals surface area contributed by atoms with E-state index in [1.54, 1.807) is 12.4 Å². The molecule has 4 nitrogen and oxygen atoms in total. The zero-order valence-corrected chi connectivity index (χ0v) is 8.27. The van der Waals surface area contributed by atoms with Gasteiger partial charge in [-0.2, -0.15) is 0 Å². The summed E-state index contributed by atoms with van der Waals surface area (Å²) in [5.41, 5.74) is 1.04. The minimum Gasteiger partial charge on any atom is -0.391 e. The van der Waals surface area contributed by atoms with Gasteiger partial charge in [0.05, 0.1) is 6.10 Å². The van der Waals surface area contributed by atoms with Crippen LogP contribution in [0, 0.1) is 12.8 Å². The van der Waals surface area contributed by atoms with E-state index in [1.165, 1.54) is 0 Å². The first-order chi connectivity index (χ1) is 6.75. The van der Waals surface area contributed by atoms with Crippen molar-refractivity contribution in [2.75, 3.05) is 11.9 Å². The molecule has 0 saturated heterocycles. The van der Waals surface area contributed by atoms with E-state index in [4.69, 9.17) is 0 Å². The second-order valence-electron chi connectivity index (χ2n) is 3.87. The highest BCUT2D eigenvalue weighted by Gasteiger charge is 2.29. The molecule has 1 unspecified atom stereocenters. The summed E-state index contributed by atoms with van der Waals surface area (Å²) in [4.78, 5) is 8.19. The smallest absolute Gasteiger partial charge is 0.222 e. The molecular weight excluding hydrogens is 178 g/mol. The molecule has 1 aliphatic rings. The predicted molar refractivity (Wildman–Crippen MR) is 54.0 cm³/mol. The molecular formula is C10H15N3O. The number of hydrogen-bond acceptors (Lipinski definition) is 4. The van der Waals surface area contributed by atoms with Crippen LogP contribution in [0.3, 0.4) is 0 Å². The second kappa shape index (κ2) is 3.92. The molecule has 14 heavy (non-hydrogen) atoms. The Morgan fingerprint density at radius 2 is 2.14 bits per heavy atom. The average molecular weight is 193 g/mol. The molecule has 0 bridgehead atoms. The van der Waals surface area contributed by atoms with Gasteiger partial charge in [0.1, 0.15) is 0 Å². The lowest BCUT2D eigenvalue weighted by Crippen LogP contribution is -2.22. The lowest BCUT2D eigenvalue weighted by molar-refractivity contribution is 0.164. The number of hydrogen-bond donors (Lipinski definition) is 2. The Labute approximate surface area is 83.4 Å². The number of aromatic nitrogens is 2. The molecule has 1 aromatic heterocycles. The number of nitrogens with one attached hydrogen (secondary N) is 1. The molecule has 76 valence electrons. The lowest BCUT2D eigenvalue weighted by Gasteiger charge is -2.09. The van der Waals surface area contributed by atoms with Crippen molar-refractivity contribution in [3.8, 4) is 0 Å². The molecule has 1 atom stereocenters. The highest BCUT2D eigenvalue weighted by Crippen LogP contribution is 2.32. The first-order valence-electron chi connectivity index (χ1n) is 4.96. The van der Waals surface area contributed by atoms with E-state index in [0.717, 1.165) is 18.4 Å². The van der Waals surface area contributed by atoms with Crippen molar-refractivity contribution in [3.05, 3.63) is 18.0 Å². The molecule has 1 fully saturated rings. The number of aliphatic hydroxyl groups excluding tert-OH is 1. The van der Waals surface area contributed by atoms with Crippen LogP contribution in [0.2, 0.25) is 0 Å². The van der Waals surface area contributed by atoms with Gasteiger partial charge >= 0.3 is 0 Å². The largest absolute Gasteiger partial charge is 0.391 e. The van der Waals surface area contributed by atoms with E-state index in [9.17, 15) is 5.11 Å². The summed E-state index contributed by atoms with van der Waals surface area (Å²) in [5.74, 6) is 1.09. The van der Waals surface area contributed by atoms with E-state index >= 15 is 0 Å². The summed E-state index contributed by atoms with van der Waals surface area (Å²) >= 11 is 0. The fourth-order valence-corrected chi connectivity index (χ4v) is 1.33. The summed E-state index contributed by atoms with van der Waals surface area (Å²) in [7, 11) is 0. The third-order valence-corrected chi connectivity index (χ3v) is 2.42. The topological polar surface area (TPSA) is 58.0 Å². The third kappa shape index (κ3) is 2.42. The highest BCUT2D eigenvalue weighted by molar-refractivity contribution is 5.24. The van der Waals surface area contributed by atoms with Crippen LogP contribution >= 0.6 is 0 Å². The van der Waals surface area contributed by atoms with Crippen molar-refractivity contribution >= 4 is 5.95 Å². The van der Waals surface area contributed by atoms with Crippen LogP contribution in [0.15, 0.2) is 12.4 Å². The van der Waals surface area contributed by atoms with Gasteiger partial charge < -0.3 is 10.4 Å². The van der Waals surface area contributed by atoms with Crippen LogP contribution in [0.5, 0.6) is 0 Å². The fourth-order valence-electron chi connectivity index (χ4n) is 1.33. The standard InChI is InChI=1S/C10H15N3O/c1-7-4-11-10(12-5-7)13-6-9(14)8-2-3-8/h4-5,8-9,14H,2-3,6H2,1H3,(H,11,12,13). The maximum Gasteiger partial charge on any atom is 0.222 e. The number of rotatable bonds is 4. The Balaban J connectivity index is 1.82. The molecule has 0 spiro atoms. The van der Waals surface area contributed by atoms with Crippen LogP contribution in [-0.4, -0.2) is 27.7 Å². The Morgan fingerprint density at radius 1 is 1.50 bits per heavy atom. The number of aliphatic hydroxyl groups is 1. The predicted octanol–water partition coefficient (Wildman–Crippen LogP) is 0.968. The Bertz CT molecular complexity index is 295. The summed E-state index contributed by atoms with van der Waals surface area (Å²) in [6.07, 6.45) is 5.58. The van der Waals surface area contributed by atoms with E-state index in [-0.39, 0.29) is 6.10 Å². The van der Waals surface area contributed by atoms with Crippen molar-refractivity contribution in [1.82, 2.24) is 9.97 Å². The van der Waals surface area contributed by atoms with E-state index < -0.39 is 0 Å². The van der Waals surface area contributed by atoms with Crippen LogP contribution in [0.4, 0.5) is 5.95 Å². The van der Waals surface area contributed by atoms with Gasteiger partial charge in [0.2, 0.25) is 5.95 Å². The van der Waals surface area contributed by atoms with E-state index in [2.05, 4.69) is 15.3 Å².